The summed E-state index contributed by atoms with van der Waals surface area (Å²) in [6, 6.07) is 18.9. The van der Waals surface area contributed by atoms with Gasteiger partial charge in [0.1, 0.15) is 18.2 Å². The lowest BCUT2D eigenvalue weighted by molar-refractivity contribution is 0.308. The number of halogens is 2. The molecule has 1 nitrogen and oxygen atoms in total. The van der Waals surface area contributed by atoms with E-state index in [2.05, 4.69) is 15.9 Å². The summed E-state index contributed by atoms with van der Waals surface area (Å²) in [4.78, 5) is 0. The Morgan fingerprint density at radius 2 is 1.65 bits per heavy atom. The second-order valence-electron chi connectivity index (χ2n) is 4.48. The summed E-state index contributed by atoms with van der Waals surface area (Å²) in [6.45, 7) is 0.326. The minimum absolute atomic E-state index is 0.274. The third-order valence-electron chi connectivity index (χ3n) is 3.16. The minimum Gasteiger partial charge on any atom is -0.488 e. The van der Waals surface area contributed by atoms with Gasteiger partial charge in [-0.1, -0.05) is 48.5 Å². The van der Waals surface area contributed by atoms with Crippen molar-refractivity contribution in [3.63, 3.8) is 0 Å². The Labute approximate surface area is 125 Å². The number of benzene rings is 3. The van der Waals surface area contributed by atoms with Gasteiger partial charge >= 0.3 is 0 Å². The largest absolute Gasteiger partial charge is 0.488 e. The Kier molecular flexibility index (Phi) is 3.70. The predicted octanol–water partition coefficient (Wildman–Crippen LogP) is 5.32. The molecule has 0 heterocycles. The average Bonchev–Trinajstić information content (AvgIpc) is 2.49. The van der Waals surface area contributed by atoms with Crippen LogP contribution < -0.4 is 4.74 Å². The van der Waals surface area contributed by atoms with Crippen molar-refractivity contribution in [2.45, 2.75) is 6.61 Å². The highest BCUT2D eigenvalue weighted by Gasteiger charge is 2.07. The van der Waals surface area contributed by atoms with E-state index < -0.39 is 0 Å². The lowest BCUT2D eigenvalue weighted by atomic mass is 10.1. The van der Waals surface area contributed by atoms with Gasteiger partial charge in [0.15, 0.2) is 0 Å². The summed E-state index contributed by atoms with van der Waals surface area (Å²) >= 11 is 3.25. The van der Waals surface area contributed by atoms with Gasteiger partial charge in [0.05, 0.1) is 4.47 Å². The van der Waals surface area contributed by atoms with Crippen molar-refractivity contribution >= 4 is 26.7 Å². The van der Waals surface area contributed by atoms with E-state index in [9.17, 15) is 4.39 Å². The van der Waals surface area contributed by atoms with Crippen molar-refractivity contribution in [2.24, 2.45) is 0 Å². The second kappa shape index (κ2) is 5.63. The summed E-state index contributed by atoms with van der Waals surface area (Å²) in [5, 5.41) is 2.19. The van der Waals surface area contributed by atoms with Crippen LogP contribution in [0.4, 0.5) is 4.39 Å². The Morgan fingerprint density at radius 3 is 2.55 bits per heavy atom. The molecule has 3 aromatic carbocycles. The van der Waals surface area contributed by atoms with Gasteiger partial charge < -0.3 is 4.74 Å². The molecule has 0 N–H and O–H groups in total. The average molecular weight is 331 g/mol. The van der Waals surface area contributed by atoms with Crippen LogP contribution in [-0.4, -0.2) is 0 Å². The quantitative estimate of drug-likeness (QED) is 0.631. The van der Waals surface area contributed by atoms with E-state index in [4.69, 9.17) is 4.74 Å². The molecule has 0 bridgehead atoms. The van der Waals surface area contributed by atoms with Crippen LogP contribution in [0.5, 0.6) is 5.75 Å². The van der Waals surface area contributed by atoms with Gasteiger partial charge in [0, 0.05) is 10.9 Å². The molecule has 20 heavy (non-hydrogen) atoms. The minimum atomic E-state index is -0.274. The highest BCUT2D eigenvalue weighted by molar-refractivity contribution is 9.10. The fraction of sp³-hybridized carbons (Fsp3) is 0.0588. The maximum Gasteiger partial charge on any atom is 0.137 e. The van der Waals surface area contributed by atoms with Gasteiger partial charge in [-0.2, -0.15) is 0 Å². The lowest BCUT2D eigenvalue weighted by Crippen LogP contribution is -1.98. The second-order valence-corrected chi connectivity index (χ2v) is 5.27. The molecule has 0 unspecified atom stereocenters. The van der Waals surface area contributed by atoms with Crippen LogP contribution in [0, 0.1) is 5.82 Å². The van der Waals surface area contributed by atoms with E-state index in [1.807, 2.05) is 48.5 Å². The summed E-state index contributed by atoms with van der Waals surface area (Å²) in [6.07, 6.45) is 0. The fourth-order valence-corrected chi connectivity index (χ4v) is 2.52. The molecule has 3 heteroatoms. The van der Waals surface area contributed by atoms with Crippen LogP contribution in [-0.2, 0) is 6.61 Å². The molecular weight excluding hydrogens is 319 g/mol. The molecule has 0 saturated carbocycles. The van der Waals surface area contributed by atoms with E-state index in [1.165, 1.54) is 6.07 Å². The first-order chi connectivity index (χ1) is 9.75. The van der Waals surface area contributed by atoms with Gasteiger partial charge in [-0.25, -0.2) is 4.39 Å². The normalized spacial score (nSPS) is 10.7. The van der Waals surface area contributed by atoms with Gasteiger partial charge in [0.2, 0.25) is 0 Å². The van der Waals surface area contributed by atoms with Crippen molar-refractivity contribution in [3.05, 3.63) is 76.5 Å². The van der Waals surface area contributed by atoms with E-state index in [-0.39, 0.29) is 5.82 Å². The third kappa shape index (κ3) is 2.54. The van der Waals surface area contributed by atoms with E-state index in [0.29, 0.717) is 11.1 Å². The van der Waals surface area contributed by atoms with Crippen LogP contribution >= 0.6 is 15.9 Å². The first kappa shape index (κ1) is 13.1. The first-order valence-corrected chi connectivity index (χ1v) is 7.08. The molecule has 3 rings (SSSR count). The number of hydrogen-bond donors (Lipinski definition) is 0. The van der Waals surface area contributed by atoms with E-state index in [1.54, 1.807) is 6.07 Å². The number of ether oxygens (including phenoxy) is 1. The fourth-order valence-electron chi connectivity index (χ4n) is 2.14. The molecule has 0 amide bonds. The van der Waals surface area contributed by atoms with Gasteiger partial charge in [-0.15, -0.1) is 0 Å². The molecule has 0 aliphatic carbocycles. The topological polar surface area (TPSA) is 9.23 Å². The standard InChI is InChI=1S/C17H12BrFO/c18-17-13(7-3-9-15(17)19)11-20-16-10-4-6-12-5-1-2-8-14(12)16/h1-10H,11H2. The van der Waals surface area contributed by atoms with Crippen LogP contribution in [0.3, 0.4) is 0 Å². The smallest absolute Gasteiger partial charge is 0.137 e. The summed E-state index contributed by atoms with van der Waals surface area (Å²) in [5.41, 5.74) is 0.790. The van der Waals surface area contributed by atoms with E-state index >= 15 is 0 Å². The van der Waals surface area contributed by atoms with Crippen molar-refractivity contribution in [1.29, 1.82) is 0 Å². The van der Waals surface area contributed by atoms with Gasteiger partial charge in [-0.3, -0.25) is 0 Å². The number of fused-ring (bicyclic) bond motifs is 1. The molecule has 100 valence electrons. The molecule has 0 radical (unpaired) electrons. The van der Waals surface area contributed by atoms with Crippen LogP contribution in [0.25, 0.3) is 10.8 Å². The number of rotatable bonds is 3. The summed E-state index contributed by atoms with van der Waals surface area (Å²) in [5.74, 6) is 0.531. The Hall–Kier alpha value is -1.87. The molecular formula is C17H12BrFO. The highest BCUT2D eigenvalue weighted by atomic mass is 79.9. The van der Waals surface area contributed by atoms with Crippen molar-refractivity contribution in [3.8, 4) is 5.75 Å². The molecule has 3 aromatic rings. The predicted molar refractivity (Wildman–Crippen MR) is 82.4 cm³/mol. The Bertz CT molecular complexity index is 750. The molecule has 0 spiro atoms. The first-order valence-electron chi connectivity index (χ1n) is 6.29. The van der Waals surface area contributed by atoms with Crippen molar-refractivity contribution in [1.82, 2.24) is 0 Å². The van der Waals surface area contributed by atoms with Crippen LogP contribution in [0.1, 0.15) is 5.56 Å². The lowest BCUT2D eigenvalue weighted by Gasteiger charge is -2.10. The maximum atomic E-state index is 13.5. The maximum absolute atomic E-state index is 13.5. The third-order valence-corrected chi connectivity index (χ3v) is 4.05. The van der Waals surface area contributed by atoms with Gasteiger partial charge in [0.25, 0.3) is 0 Å². The number of hydrogen-bond acceptors (Lipinski definition) is 1. The van der Waals surface area contributed by atoms with Crippen LogP contribution in [0.15, 0.2) is 65.1 Å². The SMILES string of the molecule is Fc1cccc(COc2cccc3ccccc23)c1Br. The van der Waals surface area contributed by atoms with Gasteiger partial charge in [-0.05, 0) is 33.4 Å². The zero-order valence-electron chi connectivity index (χ0n) is 10.6. The summed E-state index contributed by atoms with van der Waals surface area (Å²) < 4.78 is 19.8. The van der Waals surface area contributed by atoms with Crippen molar-refractivity contribution < 1.29 is 9.13 Å². The Morgan fingerprint density at radius 1 is 0.900 bits per heavy atom. The summed E-state index contributed by atoms with van der Waals surface area (Å²) in [7, 11) is 0. The Balaban J connectivity index is 1.89. The monoisotopic (exact) mass is 330 g/mol. The zero-order valence-corrected chi connectivity index (χ0v) is 12.2. The molecule has 0 atom stereocenters. The molecule has 0 aliphatic heterocycles. The molecule has 0 aliphatic rings. The molecule has 0 saturated heterocycles. The highest BCUT2D eigenvalue weighted by Crippen LogP contribution is 2.27. The molecule has 0 aromatic heterocycles. The zero-order chi connectivity index (χ0) is 13.9. The van der Waals surface area contributed by atoms with Crippen molar-refractivity contribution in [2.75, 3.05) is 0 Å². The molecule has 0 fully saturated rings. The van der Waals surface area contributed by atoms with E-state index in [0.717, 1.165) is 22.1 Å². The van der Waals surface area contributed by atoms with Crippen LogP contribution in [0.2, 0.25) is 0 Å².